The lowest BCUT2D eigenvalue weighted by atomic mass is 10.1. The second-order valence-electron chi connectivity index (χ2n) is 5.24. The summed E-state index contributed by atoms with van der Waals surface area (Å²) in [5.41, 5.74) is 1.05. The molecule has 3 heterocycles. The van der Waals surface area contributed by atoms with Crippen molar-refractivity contribution in [1.29, 1.82) is 5.26 Å². The summed E-state index contributed by atoms with van der Waals surface area (Å²) in [5.74, 6) is -0.547. The van der Waals surface area contributed by atoms with Crippen LogP contribution in [0.15, 0.2) is 21.5 Å². The van der Waals surface area contributed by atoms with Gasteiger partial charge in [0, 0.05) is 10.4 Å². The lowest BCUT2D eigenvalue weighted by molar-refractivity contribution is 0.0565. The van der Waals surface area contributed by atoms with Crippen molar-refractivity contribution in [3.63, 3.8) is 0 Å². The van der Waals surface area contributed by atoms with Crippen molar-refractivity contribution in [3.05, 3.63) is 50.3 Å². The first kappa shape index (κ1) is 16.7. The Labute approximate surface area is 146 Å². The molecule has 0 amide bonds. The number of allylic oxidation sites excluding steroid dienone is 1. The zero-order valence-corrected chi connectivity index (χ0v) is 14.5. The van der Waals surface area contributed by atoms with Gasteiger partial charge in [-0.05, 0) is 31.6 Å². The van der Waals surface area contributed by atoms with Gasteiger partial charge in [0.1, 0.15) is 10.9 Å². The number of aryl methyl sites for hydroxylation is 2. The number of nitrogens with zero attached hydrogens (tertiary/aromatic N) is 2. The van der Waals surface area contributed by atoms with Crippen molar-refractivity contribution in [2.24, 2.45) is 0 Å². The number of methoxy groups -OCH3 is 1. The number of thiophene rings is 1. The maximum absolute atomic E-state index is 12.4. The van der Waals surface area contributed by atoms with Crippen molar-refractivity contribution in [2.45, 2.75) is 13.8 Å². The summed E-state index contributed by atoms with van der Waals surface area (Å²) in [7, 11) is 1.23. The number of aromatic amines is 1. The van der Waals surface area contributed by atoms with Gasteiger partial charge in [0.05, 0.1) is 24.3 Å². The van der Waals surface area contributed by atoms with Crippen molar-refractivity contribution >= 4 is 39.2 Å². The lowest BCUT2D eigenvalue weighted by Crippen LogP contribution is -2.11. The first-order valence-electron chi connectivity index (χ1n) is 7.24. The van der Waals surface area contributed by atoms with Gasteiger partial charge in [-0.15, -0.1) is 11.3 Å². The van der Waals surface area contributed by atoms with Crippen LogP contribution in [0.25, 0.3) is 21.9 Å². The minimum Gasteiger partial charge on any atom is -0.463 e. The number of esters is 1. The van der Waals surface area contributed by atoms with Crippen molar-refractivity contribution < 1.29 is 13.9 Å². The van der Waals surface area contributed by atoms with Crippen LogP contribution in [0.3, 0.4) is 0 Å². The molecule has 8 heteroatoms. The van der Waals surface area contributed by atoms with Gasteiger partial charge < -0.3 is 14.1 Å². The number of carbonyl (C=O) groups is 1. The van der Waals surface area contributed by atoms with Crippen LogP contribution in [0, 0.1) is 25.2 Å². The zero-order valence-electron chi connectivity index (χ0n) is 13.7. The highest BCUT2D eigenvalue weighted by Gasteiger charge is 2.17. The van der Waals surface area contributed by atoms with Gasteiger partial charge in [-0.1, -0.05) is 0 Å². The van der Waals surface area contributed by atoms with E-state index in [1.807, 2.05) is 19.9 Å². The third kappa shape index (κ3) is 2.86. The van der Waals surface area contributed by atoms with Crippen LogP contribution in [0.4, 0.5) is 0 Å². The third-order valence-corrected chi connectivity index (χ3v) is 4.88. The number of furan rings is 1. The van der Waals surface area contributed by atoms with E-state index in [1.165, 1.54) is 36.9 Å². The number of hydrogen-bond donors (Lipinski definition) is 1. The molecule has 3 rings (SSSR count). The molecule has 0 atom stereocenters. The molecule has 126 valence electrons. The van der Waals surface area contributed by atoms with E-state index in [4.69, 9.17) is 4.42 Å². The number of hydrogen-bond acceptors (Lipinski definition) is 7. The number of nitriles is 1. The molecule has 0 spiro atoms. The maximum Gasteiger partial charge on any atom is 0.374 e. The average molecular weight is 355 g/mol. The number of H-pyrrole nitrogens is 1. The molecule has 0 radical (unpaired) electrons. The molecule has 1 N–H and O–H groups in total. The topological polar surface area (TPSA) is 109 Å². The highest BCUT2D eigenvalue weighted by atomic mass is 32.1. The van der Waals surface area contributed by atoms with Crippen molar-refractivity contribution in [3.8, 4) is 6.07 Å². The summed E-state index contributed by atoms with van der Waals surface area (Å²) in [6, 6.07) is 3.52. The Balaban J connectivity index is 2.16. The quantitative estimate of drug-likeness (QED) is 0.571. The molecule has 0 aliphatic heterocycles. The summed E-state index contributed by atoms with van der Waals surface area (Å²) in [6.45, 7) is 3.77. The van der Waals surface area contributed by atoms with Gasteiger partial charge in [0.25, 0.3) is 5.56 Å². The molecule has 0 aliphatic carbocycles. The molecule has 0 fully saturated rings. The van der Waals surface area contributed by atoms with E-state index in [1.54, 1.807) is 0 Å². The van der Waals surface area contributed by atoms with Crippen LogP contribution >= 0.6 is 11.3 Å². The molecule has 0 aliphatic rings. The Morgan fingerprint density at radius 3 is 2.92 bits per heavy atom. The molecule has 0 saturated carbocycles. The summed E-state index contributed by atoms with van der Waals surface area (Å²) in [4.78, 5) is 32.6. The Kier molecular flexibility index (Phi) is 4.25. The number of aromatic nitrogens is 2. The second kappa shape index (κ2) is 6.37. The SMILES string of the molecule is COC(=O)c1occc1/C=C(\C#N)c1nc2sc(C)c(C)c2c(=O)[nH]1. The fourth-order valence-corrected chi connectivity index (χ4v) is 3.41. The van der Waals surface area contributed by atoms with Crippen LogP contribution in [0.1, 0.15) is 32.4 Å². The smallest absolute Gasteiger partial charge is 0.374 e. The predicted octanol–water partition coefficient (Wildman–Crippen LogP) is 3.05. The third-order valence-electron chi connectivity index (χ3n) is 3.78. The van der Waals surface area contributed by atoms with E-state index in [0.717, 1.165) is 10.4 Å². The van der Waals surface area contributed by atoms with E-state index in [2.05, 4.69) is 14.7 Å². The Morgan fingerprint density at radius 2 is 2.24 bits per heavy atom. The fourth-order valence-electron chi connectivity index (χ4n) is 2.38. The highest BCUT2D eigenvalue weighted by Crippen LogP contribution is 2.27. The number of carbonyl (C=O) groups excluding carboxylic acids is 1. The summed E-state index contributed by atoms with van der Waals surface area (Å²) >= 11 is 1.39. The first-order chi connectivity index (χ1) is 12.0. The molecular weight excluding hydrogens is 342 g/mol. The number of nitrogens with one attached hydrogen (secondary N) is 1. The maximum atomic E-state index is 12.4. The molecule has 3 aromatic rings. The molecular formula is C17H13N3O4S. The van der Waals surface area contributed by atoms with Gasteiger partial charge in [0.2, 0.25) is 5.76 Å². The Bertz CT molecular complexity index is 1110. The normalized spacial score (nSPS) is 11.5. The second-order valence-corrected chi connectivity index (χ2v) is 6.45. The molecule has 0 aromatic carbocycles. The monoisotopic (exact) mass is 355 g/mol. The Morgan fingerprint density at radius 1 is 1.48 bits per heavy atom. The number of ether oxygens (including phenoxy) is 1. The van der Waals surface area contributed by atoms with E-state index < -0.39 is 5.97 Å². The van der Waals surface area contributed by atoms with Crippen molar-refractivity contribution in [1.82, 2.24) is 9.97 Å². The fraction of sp³-hybridized carbons (Fsp3) is 0.176. The largest absolute Gasteiger partial charge is 0.463 e. The minimum absolute atomic E-state index is 0.0264. The average Bonchev–Trinajstić information content (AvgIpc) is 3.16. The van der Waals surface area contributed by atoms with Gasteiger partial charge in [0.15, 0.2) is 5.82 Å². The highest BCUT2D eigenvalue weighted by molar-refractivity contribution is 7.18. The van der Waals surface area contributed by atoms with Gasteiger partial charge in [-0.3, -0.25) is 4.79 Å². The molecule has 25 heavy (non-hydrogen) atoms. The number of rotatable bonds is 3. The van der Waals surface area contributed by atoms with Crippen LogP contribution in [-0.2, 0) is 4.74 Å². The standard InChI is InChI=1S/C17H13N3O4S/c1-8-9(2)25-16-12(8)15(21)19-14(20-16)11(7-18)6-10-4-5-24-13(10)17(22)23-3/h4-6H,1-3H3,(H,19,20,21)/b11-6+. The predicted molar refractivity (Wildman–Crippen MR) is 93.2 cm³/mol. The lowest BCUT2D eigenvalue weighted by Gasteiger charge is -2.00. The van der Waals surface area contributed by atoms with Gasteiger partial charge in [-0.25, -0.2) is 9.78 Å². The Hall–Kier alpha value is -3.18. The van der Waals surface area contributed by atoms with E-state index in [9.17, 15) is 14.9 Å². The minimum atomic E-state index is -0.657. The van der Waals surface area contributed by atoms with Gasteiger partial charge in [-0.2, -0.15) is 5.26 Å². The van der Waals surface area contributed by atoms with E-state index in [0.29, 0.717) is 15.8 Å². The molecule has 3 aromatic heterocycles. The molecule has 0 bridgehead atoms. The van der Waals surface area contributed by atoms with Crippen LogP contribution in [0.2, 0.25) is 0 Å². The van der Waals surface area contributed by atoms with Crippen molar-refractivity contribution in [2.75, 3.05) is 7.11 Å². The number of fused-ring (bicyclic) bond motifs is 1. The van der Waals surface area contributed by atoms with Gasteiger partial charge >= 0.3 is 5.97 Å². The van der Waals surface area contributed by atoms with Crippen LogP contribution < -0.4 is 5.56 Å². The summed E-state index contributed by atoms with van der Waals surface area (Å²) < 4.78 is 9.73. The zero-order chi connectivity index (χ0) is 18.1. The van der Waals surface area contributed by atoms with Crippen LogP contribution in [-0.4, -0.2) is 23.0 Å². The first-order valence-corrected chi connectivity index (χ1v) is 8.06. The molecule has 0 unspecified atom stereocenters. The van der Waals surface area contributed by atoms with E-state index in [-0.39, 0.29) is 22.7 Å². The molecule has 7 nitrogen and oxygen atoms in total. The summed E-state index contributed by atoms with van der Waals surface area (Å²) in [5, 5.41) is 9.99. The molecule has 0 saturated heterocycles. The van der Waals surface area contributed by atoms with E-state index >= 15 is 0 Å². The summed E-state index contributed by atoms with van der Waals surface area (Å²) in [6.07, 6.45) is 2.74. The van der Waals surface area contributed by atoms with Crippen LogP contribution in [0.5, 0.6) is 0 Å².